The molecule has 3 rings (SSSR count). The summed E-state index contributed by atoms with van der Waals surface area (Å²) in [6, 6.07) is 14.4. The molecule has 0 aliphatic heterocycles. The molecule has 10 heteroatoms. The molecule has 31 heavy (non-hydrogen) atoms. The number of carbonyl (C=O) groups excluding carboxylic acids is 2. The van der Waals surface area contributed by atoms with Gasteiger partial charge in [0.1, 0.15) is 17.4 Å². The standard InChI is InChI=1S/C21H12ClN3O6/c22-17-11-15(25(28)29)5-8-18(17)24-20(26)14(12-23)10-13-3-6-16(7-4-13)31-21(27)19-2-1-9-30-19/h1-11H,(H,24,26)/b14-10+. The quantitative estimate of drug-likeness (QED) is 0.148. The fourth-order valence-electron chi connectivity index (χ4n) is 2.41. The molecule has 0 bridgehead atoms. The van der Waals surface area contributed by atoms with Gasteiger partial charge in [0.25, 0.3) is 11.6 Å². The van der Waals surface area contributed by atoms with Crippen LogP contribution in [0.4, 0.5) is 11.4 Å². The summed E-state index contributed by atoms with van der Waals surface area (Å²) in [4.78, 5) is 34.4. The van der Waals surface area contributed by atoms with E-state index in [2.05, 4.69) is 5.32 Å². The lowest BCUT2D eigenvalue weighted by atomic mass is 10.1. The number of rotatable bonds is 6. The molecule has 0 aliphatic carbocycles. The second-order valence-electron chi connectivity index (χ2n) is 5.98. The third-order valence-corrected chi connectivity index (χ3v) is 4.21. The second-order valence-corrected chi connectivity index (χ2v) is 6.39. The third-order valence-electron chi connectivity index (χ3n) is 3.90. The minimum absolute atomic E-state index is 0.0393. The Bertz CT molecular complexity index is 1210. The lowest BCUT2D eigenvalue weighted by molar-refractivity contribution is -0.384. The Morgan fingerprint density at radius 3 is 2.52 bits per heavy atom. The minimum atomic E-state index is -0.744. The summed E-state index contributed by atoms with van der Waals surface area (Å²) in [7, 11) is 0. The van der Waals surface area contributed by atoms with E-state index in [1.54, 1.807) is 24.3 Å². The highest BCUT2D eigenvalue weighted by atomic mass is 35.5. The summed E-state index contributed by atoms with van der Waals surface area (Å²) in [5, 5.41) is 22.5. The first-order chi connectivity index (χ1) is 14.9. The lowest BCUT2D eigenvalue weighted by Gasteiger charge is -2.07. The monoisotopic (exact) mass is 437 g/mol. The molecule has 1 N–H and O–H groups in total. The molecule has 2 aromatic carbocycles. The number of nitro groups is 1. The van der Waals surface area contributed by atoms with Crippen molar-refractivity contribution in [3.05, 3.63) is 92.9 Å². The maximum absolute atomic E-state index is 12.4. The summed E-state index contributed by atoms with van der Waals surface area (Å²) >= 11 is 5.95. The predicted octanol–water partition coefficient (Wildman–Crippen LogP) is 4.61. The highest BCUT2D eigenvalue weighted by Gasteiger charge is 2.15. The number of hydrogen-bond donors (Lipinski definition) is 1. The summed E-state index contributed by atoms with van der Waals surface area (Å²) in [5.74, 6) is -1.10. The highest BCUT2D eigenvalue weighted by Crippen LogP contribution is 2.27. The van der Waals surface area contributed by atoms with Crippen molar-refractivity contribution in [2.75, 3.05) is 5.32 Å². The van der Waals surface area contributed by atoms with Gasteiger partial charge < -0.3 is 14.5 Å². The number of anilines is 1. The fourth-order valence-corrected chi connectivity index (χ4v) is 2.63. The molecule has 0 saturated carbocycles. The lowest BCUT2D eigenvalue weighted by Crippen LogP contribution is -2.13. The smallest absolute Gasteiger partial charge is 0.379 e. The zero-order valence-electron chi connectivity index (χ0n) is 15.6. The van der Waals surface area contributed by atoms with Crippen LogP contribution in [-0.4, -0.2) is 16.8 Å². The first kappa shape index (κ1) is 21.3. The molecule has 0 atom stereocenters. The molecule has 0 radical (unpaired) electrons. The summed E-state index contributed by atoms with van der Waals surface area (Å²) < 4.78 is 10.1. The summed E-state index contributed by atoms with van der Waals surface area (Å²) in [6.45, 7) is 0. The number of esters is 1. The van der Waals surface area contributed by atoms with E-state index < -0.39 is 16.8 Å². The Kier molecular flexibility index (Phi) is 6.45. The van der Waals surface area contributed by atoms with Gasteiger partial charge in [-0.2, -0.15) is 5.26 Å². The van der Waals surface area contributed by atoms with E-state index in [1.807, 2.05) is 0 Å². The molecular weight excluding hydrogens is 426 g/mol. The number of amides is 1. The number of nitrogens with one attached hydrogen (secondary N) is 1. The average molecular weight is 438 g/mol. The zero-order chi connectivity index (χ0) is 22.4. The van der Waals surface area contributed by atoms with Crippen molar-refractivity contribution in [3.8, 4) is 11.8 Å². The maximum atomic E-state index is 12.4. The SMILES string of the molecule is N#C/C(=C\c1ccc(OC(=O)c2ccco2)cc1)C(=O)Nc1ccc([N+](=O)[O-])cc1Cl. The van der Waals surface area contributed by atoms with Crippen LogP contribution in [0.25, 0.3) is 6.08 Å². The van der Waals surface area contributed by atoms with Crippen molar-refractivity contribution in [2.45, 2.75) is 0 Å². The molecule has 1 heterocycles. The van der Waals surface area contributed by atoms with Gasteiger partial charge in [-0.3, -0.25) is 14.9 Å². The van der Waals surface area contributed by atoms with Crippen LogP contribution in [0.1, 0.15) is 16.1 Å². The van der Waals surface area contributed by atoms with Crippen LogP contribution in [-0.2, 0) is 4.79 Å². The van der Waals surface area contributed by atoms with Crippen molar-refractivity contribution in [3.63, 3.8) is 0 Å². The van der Waals surface area contributed by atoms with E-state index in [-0.39, 0.29) is 33.5 Å². The van der Waals surface area contributed by atoms with E-state index in [0.717, 1.165) is 6.07 Å². The topological polar surface area (TPSA) is 135 Å². The van der Waals surface area contributed by atoms with Gasteiger partial charge >= 0.3 is 5.97 Å². The molecule has 1 aromatic heterocycles. The number of hydrogen-bond acceptors (Lipinski definition) is 7. The molecule has 0 saturated heterocycles. The highest BCUT2D eigenvalue weighted by molar-refractivity contribution is 6.34. The Morgan fingerprint density at radius 1 is 1.19 bits per heavy atom. The van der Waals surface area contributed by atoms with Gasteiger partial charge in [-0.15, -0.1) is 0 Å². The van der Waals surface area contributed by atoms with Gasteiger partial charge in [0.05, 0.1) is 21.9 Å². The Morgan fingerprint density at radius 2 is 1.94 bits per heavy atom. The maximum Gasteiger partial charge on any atom is 0.379 e. The molecular formula is C21H12ClN3O6. The molecule has 0 fully saturated rings. The van der Waals surface area contributed by atoms with Crippen LogP contribution in [0, 0.1) is 21.4 Å². The number of benzene rings is 2. The van der Waals surface area contributed by atoms with Gasteiger partial charge in [-0.05, 0) is 42.0 Å². The average Bonchev–Trinajstić information content (AvgIpc) is 3.29. The van der Waals surface area contributed by atoms with Gasteiger partial charge in [0, 0.05) is 12.1 Å². The molecule has 1 amide bonds. The Hall–Kier alpha value is -4.42. The van der Waals surface area contributed by atoms with E-state index in [4.69, 9.17) is 20.8 Å². The van der Waals surface area contributed by atoms with E-state index in [9.17, 15) is 25.0 Å². The molecule has 3 aromatic rings. The van der Waals surface area contributed by atoms with Crippen LogP contribution in [0.5, 0.6) is 5.75 Å². The second kappa shape index (κ2) is 9.39. The number of nitro benzene ring substituents is 1. The van der Waals surface area contributed by atoms with Gasteiger partial charge in [-0.25, -0.2) is 4.79 Å². The number of carbonyl (C=O) groups is 2. The number of nitriles is 1. The van der Waals surface area contributed by atoms with Crippen LogP contribution >= 0.6 is 11.6 Å². The molecule has 154 valence electrons. The number of nitrogens with zero attached hydrogens (tertiary/aromatic N) is 2. The first-order valence-electron chi connectivity index (χ1n) is 8.60. The van der Waals surface area contributed by atoms with Crippen molar-refractivity contribution >= 4 is 40.9 Å². The largest absolute Gasteiger partial charge is 0.457 e. The molecule has 0 unspecified atom stereocenters. The van der Waals surface area contributed by atoms with Crippen LogP contribution in [0.2, 0.25) is 5.02 Å². The van der Waals surface area contributed by atoms with Crippen LogP contribution in [0.3, 0.4) is 0 Å². The van der Waals surface area contributed by atoms with Crippen molar-refractivity contribution in [2.24, 2.45) is 0 Å². The van der Waals surface area contributed by atoms with Crippen molar-refractivity contribution < 1.29 is 23.7 Å². The third kappa shape index (κ3) is 5.35. The van der Waals surface area contributed by atoms with E-state index >= 15 is 0 Å². The van der Waals surface area contributed by atoms with Gasteiger partial charge in [-0.1, -0.05) is 23.7 Å². The van der Waals surface area contributed by atoms with Crippen LogP contribution in [0.15, 0.2) is 70.9 Å². The molecule has 9 nitrogen and oxygen atoms in total. The Balaban J connectivity index is 1.71. The number of ether oxygens (including phenoxy) is 1. The number of non-ortho nitro benzene ring substituents is 1. The normalized spacial score (nSPS) is 10.8. The first-order valence-corrected chi connectivity index (χ1v) is 8.98. The van der Waals surface area contributed by atoms with Crippen molar-refractivity contribution in [1.29, 1.82) is 5.26 Å². The van der Waals surface area contributed by atoms with Gasteiger partial charge in [0.15, 0.2) is 0 Å². The summed E-state index contributed by atoms with van der Waals surface area (Å²) in [6.07, 6.45) is 2.68. The number of halogens is 1. The van der Waals surface area contributed by atoms with E-state index in [1.165, 1.54) is 42.7 Å². The molecule has 0 aliphatic rings. The van der Waals surface area contributed by atoms with Crippen LogP contribution < -0.4 is 10.1 Å². The summed E-state index contributed by atoms with van der Waals surface area (Å²) in [5.41, 5.74) is 0.166. The minimum Gasteiger partial charge on any atom is -0.457 e. The fraction of sp³-hybridized carbons (Fsp3) is 0. The zero-order valence-corrected chi connectivity index (χ0v) is 16.3. The molecule has 0 spiro atoms. The Labute approximate surface area is 180 Å². The number of furan rings is 1. The van der Waals surface area contributed by atoms with E-state index in [0.29, 0.717) is 5.56 Å². The predicted molar refractivity (Wildman–Crippen MR) is 110 cm³/mol. The van der Waals surface area contributed by atoms with Gasteiger partial charge in [0.2, 0.25) is 5.76 Å². The van der Waals surface area contributed by atoms with Crippen molar-refractivity contribution in [1.82, 2.24) is 0 Å².